The van der Waals surface area contributed by atoms with Crippen molar-refractivity contribution in [2.45, 2.75) is 13.5 Å². The molecule has 0 saturated heterocycles. The van der Waals surface area contributed by atoms with Crippen LogP contribution in [0.15, 0.2) is 21.0 Å². The van der Waals surface area contributed by atoms with E-state index in [4.69, 9.17) is 20.8 Å². The lowest BCUT2D eigenvalue weighted by Gasteiger charge is -2.06. The molecule has 0 fully saturated rings. The molecule has 0 aliphatic heterocycles. The molecule has 0 spiro atoms. The van der Waals surface area contributed by atoms with Gasteiger partial charge in [-0.05, 0) is 22.0 Å². The molecule has 1 aromatic carbocycles. The molecule has 0 saturated carbocycles. The number of aryl methyl sites for hydroxylation is 1. The average molecular weight is 322 g/mol. The van der Waals surface area contributed by atoms with Crippen LogP contribution in [0.4, 0.5) is 4.39 Å². The smallest absolute Gasteiger partial charge is 0.253 e. The van der Waals surface area contributed by atoms with Crippen molar-refractivity contribution in [1.82, 2.24) is 10.2 Å². The summed E-state index contributed by atoms with van der Waals surface area (Å²) in [7, 11) is 0. The van der Waals surface area contributed by atoms with Crippen LogP contribution in [-0.4, -0.2) is 10.2 Å². The molecular weight excluding hydrogens is 314 g/mol. The Balaban J connectivity index is 2.11. The van der Waals surface area contributed by atoms with Gasteiger partial charge in [-0.15, -0.1) is 10.2 Å². The predicted molar refractivity (Wildman–Crippen MR) is 62.5 cm³/mol. The first-order valence-corrected chi connectivity index (χ1v) is 5.79. The number of hydrogen-bond acceptors (Lipinski definition) is 4. The van der Waals surface area contributed by atoms with Crippen LogP contribution in [0, 0.1) is 12.7 Å². The van der Waals surface area contributed by atoms with Crippen molar-refractivity contribution >= 4 is 27.5 Å². The molecule has 0 unspecified atom stereocenters. The molecule has 2 rings (SSSR count). The van der Waals surface area contributed by atoms with Gasteiger partial charge in [0.1, 0.15) is 11.6 Å². The molecule has 4 nitrogen and oxygen atoms in total. The average Bonchev–Trinajstić information content (AvgIpc) is 2.68. The van der Waals surface area contributed by atoms with Crippen molar-refractivity contribution in [3.63, 3.8) is 0 Å². The van der Waals surface area contributed by atoms with Gasteiger partial charge in [-0.25, -0.2) is 4.39 Å². The summed E-state index contributed by atoms with van der Waals surface area (Å²) in [6.07, 6.45) is 0. The van der Waals surface area contributed by atoms with Gasteiger partial charge in [-0.3, -0.25) is 0 Å². The number of hydrogen-bond donors (Lipinski definition) is 0. The Bertz CT molecular complexity index is 547. The van der Waals surface area contributed by atoms with Crippen LogP contribution in [-0.2, 0) is 6.61 Å². The summed E-state index contributed by atoms with van der Waals surface area (Å²) in [4.78, 5) is 0. The van der Waals surface area contributed by atoms with Gasteiger partial charge in [-0.2, -0.15) is 0 Å². The molecule has 0 atom stereocenters. The normalized spacial score (nSPS) is 10.6. The first-order chi connectivity index (χ1) is 8.06. The fraction of sp³-hybridized carbons (Fsp3) is 0.200. The lowest BCUT2D eigenvalue weighted by atomic mass is 10.3. The Morgan fingerprint density at radius 3 is 2.88 bits per heavy atom. The zero-order chi connectivity index (χ0) is 12.4. The van der Waals surface area contributed by atoms with Crippen LogP contribution < -0.4 is 4.74 Å². The second kappa shape index (κ2) is 5.01. The second-order valence-corrected chi connectivity index (χ2v) is 4.46. The molecule has 0 N–H and O–H groups in total. The van der Waals surface area contributed by atoms with Crippen LogP contribution in [0.2, 0.25) is 5.02 Å². The Morgan fingerprint density at radius 2 is 2.24 bits per heavy atom. The van der Waals surface area contributed by atoms with Gasteiger partial charge in [-0.1, -0.05) is 11.6 Å². The molecule has 0 aliphatic carbocycles. The van der Waals surface area contributed by atoms with Crippen molar-refractivity contribution < 1.29 is 13.5 Å². The number of nitrogens with zero attached hydrogens (tertiary/aromatic N) is 2. The summed E-state index contributed by atoms with van der Waals surface area (Å²) in [6, 6.07) is 2.61. The molecule has 1 heterocycles. The molecule has 0 aliphatic rings. The summed E-state index contributed by atoms with van der Waals surface area (Å²) in [5.41, 5.74) is 0. The Morgan fingerprint density at radius 1 is 1.47 bits per heavy atom. The number of rotatable bonds is 3. The van der Waals surface area contributed by atoms with Gasteiger partial charge in [0.25, 0.3) is 5.89 Å². The van der Waals surface area contributed by atoms with E-state index in [0.717, 1.165) is 0 Å². The SMILES string of the molecule is Cc1nnc(COc2cc(F)c(Br)cc2Cl)o1. The van der Waals surface area contributed by atoms with Crippen molar-refractivity contribution in [2.75, 3.05) is 0 Å². The first kappa shape index (κ1) is 12.3. The van der Waals surface area contributed by atoms with Crippen LogP contribution in [0.3, 0.4) is 0 Å². The third-order valence-electron chi connectivity index (χ3n) is 1.89. The predicted octanol–water partition coefficient (Wildman–Crippen LogP) is 3.51. The maximum Gasteiger partial charge on any atom is 0.253 e. The highest BCUT2D eigenvalue weighted by Gasteiger charge is 2.10. The van der Waals surface area contributed by atoms with Crippen LogP contribution >= 0.6 is 27.5 Å². The molecule has 0 bridgehead atoms. The molecule has 0 radical (unpaired) electrons. The van der Waals surface area contributed by atoms with E-state index >= 15 is 0 Å². The van der Waals surface area contributed by atoms with E-state index < -0.39 is 5.82 Å². The maximum atomic E-state index is 13.3. The molecule has 1 aromatic heterocycles. The largest absolute Gasteiger partial charge is 0.482 e. The van der Waals surface area contributed by atoms with E-state index in [9.17, 15) is 4.39 Å². The molecule has 0 amide bonds. The third-order valence-corrected chi connectivity index (χ3v) is 2.80. The molecular formula is C10H7BrClFN2O2. The van der Waals surface area contributed by atoms with Gasteiger partial charge in [0.15, 0.2) is 6.61 Å². The highest BCUT2D eigenvalue weighted by Crippen LogP contribution is 2.30. The van der Waals surface area contributed by atoms with Gasteiger partial charge < -0.3 is 9.15 Å². The van der Waals surface area contributed by atoms with Crippen molar-refractivity contribution in [1.29, 1.82) is 0 Å². The Hall–Kier alpha value is -1.14. The van der Waals surface area contributed by atoms with Crippen molar-refractivity contribution in [2.24, 2.45) is 0 Å². The number of halogens is 3. The van der Waals surface area contributed by atoms with Crippen molar-refractivity contribution in [3.8, 4) is 5.75 Å². The highest BCUT2D eigenvalue weighted by molar-refractivity contribution is 9.10. The minimum Gasteiger partial charge on any atom is -0.482 e. The summed E-state index contributed by atoms with van der Waals surface area (Å²) >= 11 is 8.91. The van der Waals surface area contributed by atoms with Crippen LogP contribution in [0.1, 0.15) is 11.8 Å². The molecule has 17 heavy (non-hydrogen) atoms. The van der Waals surface area contributed by atoms with E-state index in [-0.39, 0.29) is 16.8 Å². The van der Waals surface area contributed by atoms with Crippen LogP contribution in [0.25, 0.3) is 0 Å². The van der Waals surface area contributed by atoms with E-state index in [1.165, 1.54) is 12.1 Å². The van der Waals surface area contributed by atoms with E-state index in [1.807, 2.05) is 0 Å². The number of aromatic nitrogens is 2. The highest BCUT2D eigenvalue weighted by atomic mass is 79.9. The van der Waals surface area contributed by atoms with Crippen LogP contribution in [0.5, 0.6) is 5.75 Å². The molecule has 7 heteroatoms. The van der Waals surface area contributed by atoms with E-state index in [2.05, 4.69) is 26.1 Å². The zero-order valence-corrected chi connectivity index (χ0v) is 11.0. The molecule has 2 aromatic rings. The maximum absolute atomic E-state index is 13.3. The number of ether oxygens (including phenoxy) is 1. The van der Waals surface area contributed by atoms with E-state index in [1.54, 1.807) is 6.92 Å². The summed E-state index contributed by atoms with van der Waals surface area (Å²) in [5, 5.41) is 7.68. The minimum atomic E-state index is -0.453. The van der Waals surface area contributed by atoms with Gasteiger partial charge >= 0.3 is 0 Å². The lowest BCUT2D eigenvalue weighted by Crippen LogP contribution is -1.97. The van der Waals surface area contributed by atoms with Crippen molar-refractivity contribution in [3.05, 3.63) is 39.2 Å². The quantitative estimate of drug-likeness (QED) is 0.812. The summed E-state index contributed by atoms with van der Waals surface area (Å²) in [5.74, 6) is 0.521. The van der Waals surface area contributed by atoms with Gasteiger partial charge in [0.2, 0.25) is 5.89 Å². The van der Waals surface area contributed by atoms with Gasteiger partial charge in [0, 0.05) is 13.0 Å². The molecule has 90 valence electrons. The summed E-state index contributed by atoms with van der Waals surface area (Å²) < 4.78 is 23.9. The first-order valence-electron chi connectivity index (χ1n) is 4.62. The third kappa shape index (κ3) is 2.95. The number of benzene rings is 1. The van der Waals surface area contributed by atoms with E-state index in [0.29, 0.717) is 16.8 Å². The monoisotopic (exact) mass is 320 g/mol. The van der Waals surface area contributed by atoms with Gasteiger partial charge in [0.05, 0.1) is 9.50 Å². The lowest BCUT2D eigenvalue weighted by molar-refractivity contribution is 0.259. The Labute approximate surface area is 110 Å². The topological polar surface area (TPSA) is 48.2 Å². The fourth-order valence-electron chi connectivity index (χ4n) is 1.15. The second-order valence-electron chi connectivity index (χ2n) is 3.20. The fourth-order valence-corrected chi connectivity index (χ4v) is 1.84. The summed E-state index contributed by atoms with van der Waals surface area (Å²) in [6.45, 7) is 1.71. The minimum absolute atomic E-state index is 0.0433. The Kier molecular flexibility index (Phi) is 3.63. The zero-order valence-electron chi connectivity index (χ0n) is 8.71. The standard InChI is InChI=1S/C10H7BrClFN2O2/c1-5-14-15-10(17-5)4-16-9-3-8(13)6(11)2-7(9)12/h2-3H,4H2,1H3.